The molecule has 1 fully saturated rings. The average molecular weight is 416 g/mol. The maximum atomic E-state index is 13.1. The quantitative estimate of drug-likeness (QED) is 0.695. The molecule has 2 aromatic heterocycles. The van der Waals surface area contributed by atoms with Gasteiger partial charge in [0.2, 0.25) is 0 Å². The number of piperazine rings is 1. The lowest BCUT2D eigenvalue weighted by molar-refractivity contribution is 0.484. The van der Waals surface area contributed by atoms with Crippen LogP contribution in [-0.2, 0) is 0 Å². The molecule has 4 heterocycles. The predicted octanol–water partition coefficient (Wildman–Crippen LogP) is 1.91. The van der Waals surface area contributed by atoms with E-state index in [1.165, 1.54) is 0 Å². The van der Waals surface area contributed by atoms with Gasteiger partial charge < -0.3 is 10.2 Å². The van der Waals surface area contributed by atoms with Crippen molar-refractivity contribution in [1.29, 1.82) is 0 Å². The highest BCUT2D eigenvalue weighted by molar-refractivity contribution is 5.65. The number of aryl methyl sites for hydroxylation is 1. The van der Waals surface area contributed by atoms with E-state index in [9.17, 15) is 4.79 Å². The highest BCUT2D eigenvalue weighted by Gasteiger charge is 2.18. The van der Waals surface area contributed by atoms with Gasteiger partial charge in [0.1, 0.15) is 5.65 Å². The number of benzene rings is 1. The largest absolute Gasteiger partial charge is 0.368 e. The zero-order valence-corrected chi connectivity index (χ0v) is 18.6. The molecule has 5 rings (SSSR count). The second-order valence-electron chi connectivity index (χ2n) is 9.02. The highest BCUT2D eigenvalue weighted by atomic mass is 16.1. The van der Waals surface area contributed by atoms with Gasteiger partial charge >= 0.3 is 0 Å². The minimum absolute atomic E-state index is 0.0542. The van der Waals surface area contributed by atoms with Gasteiger partial charge in [0.15, 0.2) is 0 Å². The number of nitrogens with one attached hydrogen (secondary N) is 1. The van der Waals surface area contributed by atoms with Gasteiger partial charge in [0.05, 0.1) is 22.8 Å². The van der Waals surface area contributed by atoms with Gasteiger partial charge in [0.25, 0.3) is 5.56 Å². The van der Waals surface area contributed by atoms with Crippen molar-refractivity contribution in [3.8, 4) is 11.3 Å². The normalized spacial score (nSPS) is 23.2. The van der Waals surface area contributed by atoms with Crippen LogP contribution in [0.5, 0.6) is 0 Å². The molecular formula is C25H29N5O. The Morgan fingerprint density at radius 1 is 1.13 bits per heavy atom. The van der Waals surface area contributed by atoms with Crippen molar-refractivity contribution in [2.45, 2.75) is 39.8 Å². The molecule has 0 bridgehead atoms. The molecule has 6 heteroatoms. The van der Waals surface area contributed by atoms with Crippen LogP contribution in [-0.4, -0.2) is 41.1 Å². The molecule has 6 nitrogen and oxygen atoms in total. The monoisotopic (exact) mass is 415 g/mol. The van der Waals surface area contributed by atoms with Crippen LogP contribution in [0.1, 0.15) is 26.3 Å². The number of hydrogen-bond donors (Lipinski definition) is 1. The van der Waals surface area contributed by atoms with Crippen molar-refractivity contribution in [1.82, 2.24) is 14.7 Å². The minimum atomic E-state index is -0.0542. The molecule has 0 amide bonds. The van der Waals surface area contributed by atoms with Gasteiger partial charge in [-0.25, -0.2) is 4.98 Å². The van der Waals surface area contributed by atoms with E-state index in [-0.39, 0.29) is 11.6 Å². The summed E-state index contributed by atoms with van der Waals surface area (Å²) in [7, 11) is 0. The van der Waals surface area contributed by atoms with Crippen molar-refractivity contribution in [3.63, 3.8) is 0 Å². The van der Waals surface area contributed by atoms with Crippen LogP contribution >= 0.6 is 0 Å². The van der Waals surface area contributed by atoms with Gasteiger partial charge in [-0.2, -0.15) is 0 Å². The number of hydrogen-bond acceptors (Lipinski definition) is 5. The number of aromatic nitrogens is 2. The fourth-order valence-electron chi connectivity index (χ4n) is 4.56. The van der Waals surface area contributed by atoms with E-state index in [2.05, 4.69) is 49.2 Å². The summed E-state index contributed by atoms with van der Waals surface area (Å²) in [5.74, 6) is 0.395. The Hall–Kier alpha value is -2.99. The number of anilines is 1. The van der Waals surface area contributed by atoms with Gasteiger partial charge in [-0.1, -0.05) is 19.1 Å². The molecule has 0 saturated carbocycles. The predicted molar refractivity (Wildman–Crippen MR) is 125 cm³/mol. The SMILES string of the molecule is Cc1cc(N2CCNC(C)C2)cn2c(=O)cc(-c3ccc4c(c3)=CC(C)C(C)N=4)nc12. The van der Waals surface area contributed by atoms with Crippen LogP contribution in [0.3, 0.4) is 0 Å². The van der Waals surface area contributed by atoms with E-state index in [4.69, 9.17) is 9.98 Å². The molecule has 2 aliphatic heterocycles. The van der Waals surface area contributed by atoms with E-state index < -0.39 is 0 Å². The maximum absolute atomic E-state index is 13.1. The molecule has 0 radical (unpaired) electrons. The molecule has 0 aliphatic carbocycles. The first-order valence-electron chi connectivity index (χ1n) is 11.1. The van der Waals surface area contributed by atoms with Crippen molar-refractivity contribution >= 4 is 17.4 Å². The Morgan fingerprint density at radius 2 is 1.97 bits per heavy atom. The second-order valence-corrected chi connectivity index (χ2v) is 9.02. The number of nitrogens with zero attached hydrogens (tertiary/aromatic N) is 4. The summed E-state index contributed by atoms with van der Waals surface area (Å²) in [5, 5.41) is 5.59. The van der Waals surface area contributed by atoms with E-state index in [0.29, 0.717) is 23.3 Å². The smallest absolute Gasteiger partial charge is 0.258 e. The Bertz CT molecular complexity index is 1340. The molecule has 2 aliphatic rings. The molecule has 3 atom stereocenters. The zero-order valence-electron chi connectivity index (χ0n) is 18.6. The van der Waals surface area contributed by atoms with E-state index in [1.54, 1.807) is 10.5 Å². The summed E-state index contributed by atoms with van der Waals surface area (Å²) in [5.41, 5.74) is 4.39. The molecule has 1 saturated heterocycles. The van der Waals surface area contributed by atoms with Crippen LogP contribution in [0.2, 0.25) is 0 Å². The Morgan fingerprint density at radius 3 is 2.77 bits per heavy atom. The third kappa shape index (κ3) is 3.65. The van der Waals surface area contributed by atoms with Crippen LogP contribution in [0.15, 0.2) is 46.3 Å². The molecule has 0 spiro atoms. The number of rotatable bonds is 2. The Balaban J connectivity index is 1.60. The van der Waals surface area contributed by atoms with Crippen LogP contribution in [0, 0.1) is 12.8 Å². The molecule has 1 aromatic carbocycles. The lowest BCUT2D eigenvalue weighted by Gasteiger charge is -2.33. The van der Waals surface area contributed by atoms with Gasteiger partial charge in [-0.15, -0.1) is 0 Å². The molecule has 3 aromatic rings. The lowest BCUT2D eigenvalue weighted by atomic mass is 9.98. The van der Waals surface area contributed by atoms with Crippen LogP contribution in [0.4, 0.5) is 5.69 Å². The molecule has 1 N–H and O–H groups in total. The summed E-state index contributed by atoms with van der Waals surface area (Å²) in [6, 6.07) is 10.7. The van der Waals surface area contributed by atoms with Gasteiger partial charge in [-0.05, 0) is 55.7 Å². The van der Waals surface area contributed by atoms with Crippen molar-refractivity contribution < 1.29 is 0 Å². The van der Waals surface area contributed by atoms with Crippen molar-refractivity contribution in [3.05, 3.63) is 63.0 Å². The van der Waals surface area contributed by atoms with Crippen LogP contribution in [0.25, 0.3) is 23.0 Å². The van der Waals surface area contributed by atoms with E-state index in [1.807, 2.05) is 25.3 Å². The van der Waals surface area contributed by atoms with E-state index in [0.717, 1.165) is 47.0 Å². The minimum Gasteiger partial charge on any atom is -0.368 e. The first kappa shape index (κ1) is 19.9. The van der Waals surface area contributed by atoms with Crippen molar-refractivity contribution in [2.75, 3.05) is 24.5 Å². The first-order chi connectivity index (χ1) is 14.9. The van der Waals surface area contributed by atoms with E-state index >= 15 is 0 Å². The summed E-state index contributed by atoms with van der Waals surface area (Å²) in [6.07, 6.45) is 4.19. The van der Waals surface area contributed by atoms with Crippen molar-refractivity contribution in [2.24, 2.45) is 10.9 Å². The lowest BCUT2D eigenvalue weighted by Crippen LogP contribution is -2.49. The molecular weight excluding hydrogens is 386 g/mol. The van der Waals surface area contributed by atoms with Crippen LogP contribution < -0.4 is 26.4 Å². The third-order valence-corrected chi connectivity index (χ3v) is 6.53. The fourth-order valence-corrected chi connectivity index (χ4v) is 4.56. The molecule has 3 unspecified atom stereocenters. The standard InChI is InChI=1S/C25H29N5O/c1-15-9-20-11-19(5-6-22(20)27-18(15)4)23-12-24(31)30-14-21(10-16(2)25(30)28-23)29-8-7-26-17(3)13-29/h5-6,9-12,14-15,17-18,26H,7-8,13H2,1-4H3. The Labute approximate surface area is 182 Å². The fraction of sp³-hybridized carbons (Fsp3) is 0.400. The maximum Gasteiger partial charge on any atom is 0.258 e. The third-order valence-electron chi connectivity index (χ3n) is 6.53. The van der Waals surface area contributed by atoms with Gasteiger partial charge in [-0.3, -0.25) is 14.2 Å². The summed E-state index contributed by atoms with van der Waals surface area (Å²) in [4.78, 5) is 25.1. The summed E-state index contributed by atoms with van der Waals surface area (Å²) >= 11 is 0. The molecule has 160 valence electrons. The average Bonchev–Trinajstić information content (AvgIpc) is 2.74. The zero-order chi connectivity index (χ0) is 21.7. The summed E-state index contributed by atoms with van der Waals surface area (Å²) < 4.78 is 1.69. The second kappa shape index (κ2) is 7.61. The number of pyridine rings is 1. The van der Waals surface area contributed by atoms with Gasteiger partial charge in [0, 0.05) is 43.5 Å². The Kier molecular flexibility index (Phi) is 4.89. The highest BCUT2D eigenvalue weighted by Crippen LogP contribution is 2.22. The summed E-state index contributed by atoms with van der Waals surface area (Å²) in [6.45, 7) is 11.4. The topological polar surface area (TPSA) is 62.0 Å². The molecule has 31 heavy (non-hydrogen) atoms. The number of fused-ring (bicyclic) bond motifs is 2. The first-order valence-corrected chi connectivity index (χ1v) is 11.1.